The van der Waals surface area contributed by atoms with Crippen LogP contribution in [-0.4, -0.2) is 23.0 Å². The Morgan fingerprint density at radius 1 is 1.31 bits per heavy atom. The van der Waals surface area contributed by atoms with E-state index in [4.69, 9.17) is 5.11 Å². The molecule has 0 saturated heterocycles. The van der Waals surface area contributed by atoms with E-state index in [9.17, 15) is 9.59 Å². The van der Waals surface area contributed by atoms with Gasteiger partial charge in [-0.3, -0.25) is 9.59 Å². The molecule has 2 atom stereocenters. The highest BCUT2D eigenvalue weighted by Crippen LogP contribution is 2.40. The number of nitrogens with one attached hydrogen (secondary N) is 1. The predicted molar refractivity (Wildman–Crippen MR) is 58.9 cm³/mol. The van der Waals surface area contributed by atoms with Gasteiger partial charge in [-0.2, -0.15) is 0 Å². The van der Waals surface area contributed by atoms with Crippen molar-refractivity contribution in [1.82, 2.24) is 5.32 Å². The highest BCUT2D eigenvalue weighted by Gasteiger charge is 2.41. The van der Waals surface area contributed by atoms with Crippen LogP contribution in [0.25, 0.3) is 0 Å². The Kier molecular flexibility index (Phi) is 2.91. The number of carboxylic acid groups (broad SMARTS) is 1. The summed E-state index contributed by atoms with van der Waals surface area (Å²) >= 11 is 0. The average Bonchev–Trinajstić information content (AvgIpc) is 2.62. The van der Waals surface area contributed by atoms with Gasteiger partial charge in [-0.1, -0.05) is 13.3 Å². The van der Waals surface area contributed by atoms with Crippen molar-refractivity contribution in [2.75, 3.05) is 0 Å². The first-order valence-corrected chi connectivity index (χ1v) is 6.05. The molecule has 2 rings (SSSR count). The van der Waals surface area contributed by atoms with E-state index in [1.165, 1.54) is 0 Å². The van der Waals surface area contributed by atoms with Crippen molar-refractivity contribution < 1.29 is 14.7 Å². The standard InChI is InChI=1S/C12H19NO3/c1-12(5-2-6-12)11(16)13-9-4-3-8(7-9)10(14)15/h8-9H,2-7H2,1H3,(H,13,16)(H,14,15)/t8-,9+/m0/s1. The molecule has 0 aromatic carbocycles. The predicted octanol–water partition coefficient (Wildman–Crippen LogP) is 1.55. The zero-order valence-electron chi connectivity index (χ0n) is 9.66. The molecule has 2 aliphatic rings. The molecule has 0 unspecified atom stereocenters. The van der Waals surface area contributed by atoms with Crippen LogP contribution < -0.4 is 5.32 Å². The first-order valence-electron chi connectivity index (χ1n) is 6.05. The van der Waals surface area contributed by atoms with Gasteiger partial charge in [0.2, 0.25) is 5.91 Å². The van der Waals surface area contributed by atoms with Crippen LogP contribution in [-0.2, 0) is 9.59 Å². The zero-order chi connectivity index (χ0) is 11.8. The molecule has 2 aliphatic carbocycles. The van der Waals surface area contributed by atoms with E-state index in [0.29, 0.717) is 12.8 Å². The van der Waals surface area contributed by atoms with Crippen molar-refractivity contribution in [3.05, 3.63) is 0 Å². The van der Waals surface area contributed by atoms with Crippen molar-refractivity contribution >= 4 is 11.9 Å². The minimum Gasteiger partial charge on any atom is -0.481 e. The van der Waals surface area contributed by atoms with E-state index in [0.717, 1.165) is 25.7 Å². The van der Waals surface area contributed by atoms with Crippen LogP contribution in [0.3, 0.4) is 0 Å². The van der Waals surface area contributed by atoms with Crippen LogP contribution in [0.4, 0.5) is 0 Å². The Labute approximate surface area is 95.4 Å². The third kappa shape index (κ3) is 2.06. The molecule has 2 N–H and O–H groups in total. The fourth-order valence-electron chi connectivity index (χ4n) is 2.63. The van der Waals surface area contributed by atoms with Crippen molar-refractivity contribution in [3.8, 4) is 0 Å². The molecule has 90 valence electrons. The number of carboxylic acids is 1. The third-order valence-electron chi connectivity index (χ3n) is 4.12. The normalized spacial score (nSPS) is 31.8. The van der Waals surface area contributed by atoms with Crippen LogP contribution in [0.15, 0.2) is 0 Å². The summed E-state index contributed by atoms with van der Waals surface area (Å²) in [6.07, 6.45) is 5.15. The molecule has 2 fully saturated rings. The Hall–Kier alpha value is -1.06. The number of carbonyl (C=O) groups excluding carboxylic acids is 1. The zero-order valence-corrected chi connectivity index (χ0v) is 9.66. The summed E-state index contributed by atoms with van der Waals surface area (Å²) in [5, 5.41) is 11.9. The molecule has 0 spiro atoms. The number of carbonyl (C=O) groups is 2. The molecule has 1 amide bonds. The van der Waals surface area contributed by atoms with E-state index in [1.54, 1.807) is 0 Å². The van der Waals surface area contributed by atoms with Gasteiger partial charge in [0.1, 0.15) is 0 Å². The lowest BCUT2D eigenvalue weighted by atomic mass is 9.69. The fraction of sp³-hybridized carbons (Fsp3) is 0.833. The lowest BCUT2D eigenvalue weighted by molar-refractivity contribution is -0.142. The molecule has 4 heteroatoms. The van der Waals surface area contributed by atoms with Crippen LogP contribution in [0, 0.1) is 11.3 Å². The first-order chi connectivity index (χ1) is 7.51. The topological polar surface area (TPSA) is 66.4 Å². The quantitative estimate of drug-likeness (QED) is 0.765. The third-order valence-corrected chi connectivity index (χ3v) is 4.12. The average molecular weight is 225 g/mol. The van der Waals surface area contributed by atoms with Gasteiger partial charge in [0.25, 0.3) is 0 Å². The number of hydrogen-bond donors (Lipinski definition) is 2. The van der Waals surface area contributed by atoms with Gasteiger partial charge in [0, 0.05) is 11.5 Å². The van der Waals surface area contributed by atoms with E-state index in [2.05, 4.69) is 5.32 Å². The lowest BCUT2D eigenvalue weighted by Crippen LogP contribution is -2.46. The first kappa shape index (κ1) is 11.4. The number of amides is 1. The molecule has 2 saturated carbocycles. The summed E-state index contributed by atoms with van der Waals surface area (Å²) in [5.41, 5.74) is -0.179. The van der Waals surface area contributed by atoms with Crippen LogP contribution >= 0.6 is 0 Å². The van der Waals surface area contributed by atoms with Gasteiger partial charge in [0.15, 0.2) is 0 Å². The number of rotatable bonds is 3. The summed E-state index contributed by atoms with van der Waals surface area (Å²) < 4.78 is 0. The van der Waals surface area contributed by atoms with Crippen molar-refractivity contribution in [3.63, 3.8) is 0 Å². The second kappa shape index (κ2) is 4.07. The van der Waals surface area contributed by atoms with Crippen molar-refractivity contribution in [2.24, 2.45) is 11.3 Å². The molecular formula is C12H19NO3. The van der Waals surface area contributed by atoms with Crippen molar-refractivity contribution in [1.29, 1.82) is 0 Å². The van der Waals surface area contributed by atoms with Gasteiger partial charge < -0.3 is 10.4 Å². The molecule has 0 aromatic heterocycles. The largest absolute Gasteiger partial charge is 0.481 e. The summed E-state index contributed by atoms with van der Waals surface area (Å²) in [4.78, 5) is 22.7. The summed E-state index contributed by atoms with van der Waals surface area (Å²) in [6, 6.07) is 0.0750. The SMILES string of the molecule is CC1(C(=O)N[C@@H]2CC[C@H](C(=O)O)C2)CCC1. The second-order valence-corrected chi connectivity index (χ2v) is 5.43. The summed E-state index contributed by atoms with van der Waals surface area (Å²) in [7, 11) is 0. The number of hydrogen-bond acceptors (Lipinski definition) is 2. The maximum atomic E-state index is 11.9. The van der Waals surface area contributed by atoms with Crippen LogP contribution in [0.5, 0.6) is 0 Å². The van der Waals surface area contributed by atoms with Crippen LogP contribution in [0.1, 0.15) is 45.4 Å². The molecular weight excluding hydrogens is 206 g/mol. The Bertz CT molecular complexity index is 309. The van der Waals surface area contributed by atoms with Gasteiger partial charge in [0.05, 0.1) is 5.92 Å². The van der Waals surface area contributed by atoms with E-state index < -0.39 is 5.97 Å². The minimum absolute atomic E-state index is 0.0750. The molecule has 0 radical (unpaired) electrons. The molecule has 0 aromatic rings. The van der Waals surface area contributed by atoms with E-state index in [-0.39, 0.29) is 23.3 Å². The monoisotopic (exact) mass is 225 g/mol. The van der Waals surface area contributed by atoms with E-state index in [1.807, 2.05) is 6.92 Å². The smallest absolute Gasteiger partial charge is 0.306 e. The Morgan fingerprint density at radius 3 is 2.44 bits per heavy atom. The minimum atomic E-state index is -0.730. The summed E-state index contributed by atoms with van der Waals surface area (Å²) in [5.74, 6) is -0.874. The summed E-state index contributed by atoms with van der Waals surface area (Å²) in [6.45, 7) is 2.00. The molecule has 16 heavy (non-hydrogen) atoms. The van der Waals surface area contributed by atoms with E-state index >= 15 is 0 Å². The molecule has 0 heterocycles. The van der Waals surface area contributed by atoms with Gasteiger partial charge in [-0.05, 0) is 32.1 Å². The highest BCUT2D eigenvalue weighted by molar-refractivity contribution is 5.83. The maximum absolute atomic E-state index is 11.9. The fourth-order valence-corrected chi connectivity index (χ4v) is 2.63. The second-order valence-electron chi connectivity index (χ2n) is 5.43. The number of aliphatic carboxylic acids is 1. The van der Waals surface area contributed by atoms with Crippen LogP contribution in [0.2, 0.25) is 0 Å². The van der Waals surface area contributed by atoms with Crippen molar-refractivity contribution in [2.45, 2.75) is 51.5 Å². The molecule has 4 nitrogen and oxygen atoms in total. The highest BCUT2D eigenvalue weighted by atomic mass is 16.4. The Morgan fingerprint density at radius 2 is 2.00 bits per heavy atom. The Balaban J connectivity index is 1.83. The van der Waals surface area contributed by atoms with Gasteiger partial charge >= 0.3 is 5.97 Å². The molecule has 0 bridgehead atoms. The lowest BCUT2D eigenvalue weighted by Gasteiger charge is -2.37. The molecule has 0 aliphatic heterocycles. The maximum Gasteiger partial charge on any atom is 0.306 e. The van der Waals surface area contributed by atoms with Gasteiger partial charge in [-0.15, -0.1) is 0 Å². The van der Waals surface area contributed by atoms with Gasteiger partial charge in [-0.25, -0.2) is 0 Å².